The smallest absolute Gasteiger partial charge is 0.261 e. The molecule has 0 atom stereocenters. The molecule has 5 nitrogen and oxygen atoms in total. The zero-order valence-electron chi connectivity index (χ0n) is 10.9. The molecule has 3 N–H and O–H groups in total. The van der Waals surface area contributed by atoms with Gasteiger partial charge in [0.1, 0.15) is 5.75 Å². The lowest BCUT2D eigenvalue weighted by molar-refractivity contribution is 0.416. The van der Waals surface area contributed by atoms with Crippen molar-refractivity contribution in [3.8, 4) is 5.75 Å². The van der Waals surface area contributed by atoms with Crippen LogP contribution >= 0.6 is 23.2 Å². The molecule has 0 unspecified atom stereocenters. The highest BCUT2D eigenvalue weighted by Crippen LogP contribution is 2.27. The van der Waals surface area contributed by atoms with E-state index in [4.69, 9.17) is 33.7 Å². The van der Waals surface area contributed by atoms with Gasteiger partial charge in [-0.1, -0.05) is 23.2 Å². The minimum absolute atomic E-state index is 0.0110. The van der Waals surface area contributed by atoms with Crippen molar-refractivity contribution < 1.29 is 13.2 Å². The van der Waals surface area contributed by atoms with Gasteiger partial charge in [-0.2, -0.15) is 0 Å². The Morgan fingerprint density at radius 2 is 1.71 bits per heavy atom. The molecule has 0 amide bonds. The van der Waals surface area contributed by atoms with Crippen LogP contribution in [0.2, 0.25) is 10.0 Å². The van der Waals surface area contributed by atoms with Gasteiger partial charge >= 0.3 is 0 Å². The first-order chi connectivity index (χ1) is 9.81. The second-order valence-electron chi connectivity index (χ2n) is 4.17. The van der Waals surface area contributed by atoms with Crippen LogP contribution in [0.4, 0.5) is 11.4 Å². The highest BCUT2D eigenvalue weighted by Gasteiger charge is 2.16. The van der Waals surface area contributed by atoms with E-state index in [9.17, 15) is 8.42 Å². The average Bonchev–Trinajstić information content (AvgIpc) is 2.36. The Kier molecular flexibility index (Phi) is 4.51. The zero-order chi connectivity index (χ0) is 15.6. The predicted octanol–water partition coefficient (Wildman–Crippen LogP) is 3.39. The molecule has 0 bridgehead atoms. The van der Waals surface area contributed by atoms with Crippen LogP contribution in [0.15, 0.2) is 41.3 Å². The minimum Gasteiger partial charge on any atom is -0.495 e. The van der Waals surface area contributed by atoms with Gasteiger partial charge in [0.25, 0.3) is 10.0 Å². The Morgan fingerprint density at radius 1 is 1.10 bits per heavy atom. The van der Waals surface area contributed by atoms with Crippen LogP contribution in [-0.2, 0) is 10.0 Å². The number of hydrogen-bond donors (Lipinski definition) is 2. The number of nitrogen functional groups attached to an aromatic ring is 1. The van der Waals surface area contributed by atoms with E-state index in [0.717, 1.165) is 0 Å². The maximum atomic E-state index is 12.3. The van der Waals surface area contributed by atoms with E-state index in [1.807, 2.05) is 0 Å². The zero-order valence-corrected chi connectivity index (χ0v) is 13.3. The molecule has 0 fully saturated rings. The molecule has 8 heteroatoms. The summed E-state index contributed by atoms with van der Waals surface area (Å²) in [5, 5.41) is 0.656. The van der Waals surface area contributed by atoms with Crippen molar-refractivity contribution in [2.75, 3.05) is 17.6 Å². The van der Waals surface area contributed by atoms with E-state index in [1.54, 1.807) is 0 Å². The second-order valence-corrected chi connectivity index (χ2v) is 6.72. The molecule has 2 rings (SSSR count). The molecule has 112 valence electrons. The van der Waals surface area contributed by atoms with Crippen LogP contribution in [0.25, 0.3) is 0 Å². The van der Waals surface area contributed by atoms with Crippen molar-refractivity contribution in [1.29, 1.82) is 0 Å². The summed E-state index contributed by atoms with van der Waals surface area (Å²) in [6.45, 7) is 0. The molecule has 2 aromatic carbocycles. The highest BCUT2D eigenvalue weighted by atomic mass is 35.5. The standard InChI is InChI=1S/C13H12Cl2N2O3S/c1-20-13-3-2-11(7-12(13)16)21(18,19)17-10-5-8(14)4-9(15)6-10/h2-7,17H,16H2,1H3. The lowest BCUT2D eigenvalue weighted by Gasteiger charge is -2.11. The SMILES string of the molecule is COc1ccc(S(=O)(=O)Nc2cc(Cl)cc(Cl)c2)cc1N. The summed E-state index contributed by atoms with van der Waals surface area (Å²) >= 11 is 11.7. The number of rotatable bonds is 4. The summed E-state index contributed by atoms with van der Waals surface area (Å²) in [6.07, 6.45) is 0. The number of anilines is 2. The molecule has 0 heterocycles. The summed E-state index contributed by atoms with van der Waals surface area (Å²) in [6, 6.07) is 8.61. The van der Waals surface area contributed by atoms with Gasteiger partial charge in [0.15, 0.2) is 0 Å². The number of ether oxygens (including phenoxy) is 1. The fraction of sp³-hybridized carbons (Fsp3) is 0.0769. The van der Waals surface area contributed by atoms with Crippen molar-refractivity contribution in [3.05, 3.63) is 46.4 Å². The number of sulfonamides is 1. The van der Waals surface area contributed by atoms with Crippen molar-refractivity contribution in [2.45, 2.75) is 4.90 Å². The molecule has 0 saturated carbocycles. The molecule has 0 aliphatic rings. The normalized spacial score (nSPS) is 11.2. The Balaban J connectivity index is 2.36. The van der Waals surface area contributed by atoms with E-state index in [1.165, 1.54) is 43.5 Å². The molecule has 0 radical (unpaired) electrons. The third-order valence-corrected chi connectivity index (χ3v) is 4.44. The van der Waals surface area contributed by atoms with Crippen LogP contribution in [0.5, 0.6) is 5.75 Å². The first-order valence-electron chi connectivity index (χ1n) is 5.74. The molecule has 0 spiro atoms. The summed E-state index contributed by atoms with van der Waals surface area (Å²) in [5.74, 6) is 0.403. The van der Waals surface area contributed by atoms with E-state index in [2.05, 4.69) is 4.72 Å². The van der Waals surface area contributed by atoms with Gasteiger partial charge in [0.05, 0.1) is 23.4 Å². The van der Waals surface area contributed by atoms with Crippen molar-refractivity contribution in [1.82, 2.24) is 0 Å². The maximum Gasteiger partial charge on any atom is 0.261 e. The maximum absolute atomic E-state index is 12.3. The number of halogens is 2. The van der Waals surface area contributed by atoms with Crippen LogP contribution in [-0.4, -0.2) is 15.5 Å². The molecule has 0 aromatic heterocycles. The fourth-order valence-electron chi connectivity index (χ4n) is 1.71. The highest BCUT2D eigenvalue weighted by molar-refractivity contribution is 7.92. The van der Waals surface area contributed by atoms with Crippen LogP contribution < -0.4 is 15.2 Å². The quantitative estimate of drug-likeness (QED) is 0.831. The molecule has 21 heavy (non-hydrogen) atoms. The summed E-state index contributed by atoms with van der Waals surface area (Å²) in [7, 11) is -2.35. The second kappa shape index (κ2) is 6.01. The third kappa shape index (κ3) is 3.72. The molecule has 0 aliphatic heterocycles. The van der Waals surface area contributed by atoms with E-state index in [0.29, 0.717) is 15.8 Å². The molecular formula is C13H12Cl2N2O3S. The topological polar surface area (TPSA) is 81.4 Å². The first kappa shape index (κ1) is 15.8. The van der Waals surface area contributed by atoms with Crippen LogP contribution in [0, 0.1) is 0 Å². The molecule has 2 aromatic rings. The Labute approximate surface area is 132 Å². The van der Waals surface area contributed by atoms with E-state index in [-0.39, 0.29) is 16.3 Å². The van der Waals surface area contributed by atoms with E-state index >= 15 is 0 Å². The van der Waals surface area contributed by atoms with Gasteiger partial charge in [-0.3, -0.25) is 4.72 Å². The monoisotopic (exact) mass is 346 g/mol. The van der Waals surface area contributed by atoms with Crippen LogP contribution in [0.1, 0.15) is 0 Å². The third-order valence-electron chi connectivity index (χ3n) is 2.63. The summed E-state index contributed by atoms with van der Waals surface area (Å²) in [5.41, 5.74) is 6.20. The van der Waals surface area contributed by atoms with Gasteiger partial charge in [-0.05, 0) is 36.4 Å². The molecule has 0 saturated heterocycles. The van der Waals surface area contributed by atoms with Gasteiger partial charge < -0.3 is 10.5 Å². The number of methoxy groups -OCH3 is 1. The Hall–Kier alpha value is -1.63. The number of benzene rings is 2. The predicted molar refractivity (Wildman–Crippen MR) is 84.7 cm³/mol. The van der Waals surface area contributed by atoms with Gasteiger partial charge in [-0.15, -0.1) is 0 Å². The van der Waals surface area contributed by atoms with Gasteiger partial charge in [0.2, 0.25) is 0 Å². The number of nitrogens with one attached hydrogen (secondary N) is 1. The Bertz CT molecular complexity index is 759. The average molecular weight is 347 g/mol. The van der Waals surface area contributed by atoms with Gasteiger partial charge in [0, 0.05) is 10.0 Å². The van der Waals surface area contributed by atoms with Crippen LogP contribution in [0.3, 0.4) is 0 Å². The molecular weight excluding hydrogens is 335 g/mol. The number of nitrogens with two attached hydrogens (primary N) is 1. The summed E-state index contributed by atoms with van der Waals surface area (Å²) in [4.78, 5) is 0.0110. The fourth-order valence-corrected chi connectivity index (χ4v) is 3.31. The van der Waals surface area contributed by atoms with Crippen molar-refractivity contribution in [2.24, 2.45) is 0 Å². The first-order valence-corrected chi connectivity index (χ1v) is 7.98. The van der Waals surface area contributed by atoms with Gasteiger partial charge in [-0.25, -0.2) is 8.42 Å². The lowest BCUT2D eigenvalue weighted by Crippen LogP contribution is -2.13. The van der Waals surface area contributed by atoms with Crippen molar-refractivity contribution in [3.63, 3.8) is 0 Å². The van der Waals surface area contributed by atoms with E-state index < -0.39 is 10.0 Å². The number of hydrogen-bond acceptors (Lipinski definition) is 4. The summed E-state index contributed by atoms with van der Waals surface area (Å²) < 4.78 is 31.9. The largest absolute Gasteiger partial charge is 0.495 e. The van der Waals surface area contributed by atoms with Crippen molar-refractivity contribution >= 4 is 44.6 Å². The molecule has 0 aliphatic carbocycles. The lowest BCUT2D eigenvalue weighted by atomic mass is 10.3. The Morgan fingerprint density at radius 3 is 2.24 bits per heavy atom. The minimum atomic E-state index is -3.80.